The minimum Gasteiger partial charge on any atom is -0.497 e. The molecule has 1 saturated carbocycles. The van der Waals surface area contributed by atoms with Crippen molar-refractivity contribution in [2.45, 2.75) is 36.0 Å². The van der Waals surface area contributed by atoms with Crippen molar-refractivity contribution in [2.24, 2.45) is 0 Å². The maximum absolute atomic E-state index is 13.4. The molecule has 0 aromatic heterocycles. The number of esters is 1. The van der Waals surface area contributed by atoms with Crippen molar-refractivity contribution in [3.63, 3.8) is 0 Å². The number of nitrogens with one attached hydrogen (secondary N) is 2. The second kappa shape index (κ2) is 11.6. The highest BCUT2D eigenvalue weighted by Gasteiger charge is 2.44. The molecule has 204 valence electrons. The number of hydrogen-bond donors (Lipinski definition) is 3. The fourth-order valence-corrected chi connectivity index (χ4v) is 5.70. The van der Waals surface area contributed by atoms with Gasteiger partial charge in [-0.25, -0.2) is 8.42 Å². The molecular formula is C28H28N2O8S. The minimum atomic E-state index is -4.12. The first-order valence-corrected chi connectivity index (χ1v) is 13.7. The van der Waals surface area contributed by atoms with Crippen LogP contribution in [-0.4, -0.2) is 45.0 Å². The number of carbonyl (C=O) groups is 3. The molecule has 0 aliphatic heterocycles. The van der Waals surface area contributed by atoms with Gasteiger partial charge in [-0.05, 0) is 66.9 Å². The summed E-state index contributed by atoms with van der Waals surface area (Å²) < 4.78 is 39.3. The molecule has 11 heteroatoms. The van der Waals surface area contributed by atoms with Crippen LogP contribution in [-0.2, 0) is 25.0 Å². The van der Waals surface area contributed by atoms with Crippen LogP contribution in [0.1, 0.15) is 41.6 Å². The normalized spacial score (nSPS) is 14.3. The van der Waals surface area contributed by atoms with E-state index >= 15 is 0 Å². The van der Waals surface area contributed by atoms with E-state index < -0.39 is 39.8 Å². The highest BCUT2D eigenvalue weighted by atomic mass is 32.2. The van der Waals surface area contributed by atoms with E-state index in [1.54, 1.807) is 7.11 Å². The first-order chi connectivity index (χ1) is 18.6. The van der Waals surface area contributed by atoms with Gasteiger partial charge in [0.05, 0.1) is 28.7 Å². The smallest absolute Gasteiger partial charge is 0.322 e. The first-order valence-electron chi connectivity index (χ1n) is 12.2. The third-order valence-electron chi connectivity index (χ3n) is 6.65. The summed E-state index contributed by atoms with van der Waals surface area (Å²) in [4.78, 5) is 36.3. The third-order valence-corrected chi connectivity index (χ3v) is 8.03. The zero-order chi connectivity index (χ0) is 28.0. The van der Waals surface area contributed by atoms with Gasteiger partial charge < -0.3 is 19.9 Å². The summed E-state index contributed by atoms with van der Waals surface area (Å²) in [6, 6.07) is 18.6. The van der Waals surface area contributed by atoms with Crippen LogP contribution in [0.5, 0.6) is 11.5 Å². The molecule has 0 heterocycles. The minimum absolute atomic E-state index is 0.0152. The van der Waals surface area contributed by atoms with Crippen LogP contribution in [0.15, 0.2) is 77.7 Å². The number of carboxylic acids is 1. The predicted octanol–water partition coefficient (Wildman–Crippen LogP) is 3.73. The lowest BCUT2D eigenvalue weighted by atomic mass is 9.79. The Bertz CT molecular complexity index is 1460. The SMILES string of the molecule is COc1ccc(C2(C(=O)Oc3ccc(S(=O)(=O)Nc4ccccc4C(=O)NCC(=O)O)cc3)CCCC2)cc1. The van der Waals surface area contributed by atoms with Crippen molar-refractivity contribution in [2.75, 3.05) is 18.4 Å². The van der Waals surface area contributed by atoms with Crippen molar-refractivity contribution in [1.29, 1.82) is 0 Å². The number of para-hydroxylation sites is 1. The Kier molecular flexibility index (Phi) is 8.20. The standard InChI is InChI=1S/C28H28N2O8S/c1-37-20-10-8-19(9-11-20)28(16-4-5-17-28)27(34)38-21-12-14-22(15-13-21)39(35,36)30-24-7-3-2-6-23(24)26(33)29-18-25(31)32/h2-3,6-15,30H,4-5,16-18H2,1H3,(H,29,33)(H,31,32). The van der Waals surface area contributed by atoms with Gasteiger partial charge >= 0.3 is 11.9 Å². The fraction of sp³-hybridized carbons (Fsp3) is 0.250. The van der Waals surface area contributed by atoms with Gasteiger partial charge in [0.25, 0.3) is 15.9 Å². The van der Waals surface area contributed by atoms with Crippen LogP contribution in [0.2, 0.25) is 0 Å². The number of carboxylic acid groups (broad SMARTS) is 1. The van der Waals surface area contributed by atoms with Gasteiger partial charge in [-0.15, -0.1) is 0 Å². The Morgan fingerprint density at radius 2 is 1.51 bits per heavy atom. The van der Waals surface area contributed by atoms with Crippen molar-refractivity contribution in [3.8, 4) is 11.5 Å². The molecule has 39 heavy (non-hydrogen) atoms. The molecular weight excluding hydrogens is 524 g/mol. The number of sulfonamides is 1. The molecule has 1 aliphatic carbocycles. The summed E-state index contributed by atoms with van der Waals surface area (Å²) in [7, 11) is -2.55. The predicted molar refractivity (Wildman–Crippen MR) is 142 cm³/mol. The second-order valence-corrected chi connectivity index (χ2v) is 10.8. The number of hydrogen-bond acceptors (Lipinski definition) is 7. The van der Waals surface area contributed by atoms with Crippen molar-refractivity contribution < 1.29 is 37.4 Å². The molecule has 3 aromatic carbocycles. The molecule has 0 bridgehead atoms. The van der Waals surface area contributed by atoms with E-state index in [4.69, 9.17) is 14.6 Å². The Hall–Kier alpha value is -4.38. The Morgan fingerprint density at radius 1 is 0.897 bits per heavy atom. The molecule has 1 aliphatic rings. The van der Waals surface area contributed by atoms with Gasteiger partial charge in [0.15, 0.2) is 0 Å². The zero-order valence-electron chi connectivity index (χ0n) is 21.2. The van der Waals surface area contributed by atoms with Crippen LogP contribution in [0, 0.1) is 0 Å². The van der Waals surface area contributed by atoms with Crippen LogP contribution >= 0.6 is 0 Å². The molecule has 10 nitrogen and oxygen atoms in total. The molecule has 0 saturated heterocycles. The number of benzene rings is 3. The fourth-order valence-electron chi connectivity index (χ4n) is 4.62. The third kappa shape index (κ3) is 6.20. The van der Waals surface area contributed by atoms with E-state index in [9.17, 15) is 22.8 Å². The lowest BCUT2D eigenvalue weighted by Gasteiger charge is -2.27. The lowest BCUT2D eigenvalue weighted by Crippen LogP contribution is -2.36. The van der Waals surface area contributed by atoms with Gasteiger partial charge in [-0.1, -0.05) is 37.1 Å². The van der Waals surface area contributed by atoms with Crippen molar-refractivity contribution in [3.05, 3.63) is 83.9 Å². The van der Waals surface area contributed by atoms with E-state index in [0.29, 0.717) is 18.6 Å². The summed E-state index contributed by atoms with van der Waals surface area (Å²) in [5, 5.41) is 11.0. The van der Waals surface area contributed by atoms with Crippen LogP contribution in [0.25, 0.3) is 0 Å². The molecule has 4 rings (SSSR count). The zero-order valence-corrected chi connectivity index (χ0v) is 22.0. The largest absolute Gasteiger partial charge is 0.497 e. The van der Waals surface area contributed by atoms with Gasteiger partial charge in [-0.3, -0.25) is 19.1 Å². The van der Waals surface area contributed by atoms with E-state index in [0.717, 1.165) is 18.4 Å². The summed E-state index contributed by atoms with van der Waals surface area (Å²) in [6.45, 7) is -0.611. The maximum Gasteiger partial charge on any atom is 0.322 e. The average Bonchev–Trinajstić information content (AvgIpc) is 3.44. The molecule has 0 unspecified atom stereocenters. The Labute approximate surface area is 226 Å². The van der Waals surface area contributed by atoms with Gasteiger partial charge in [0.2, 0.25) is 0 Å². The summed E-state index contributed by atoms with van der Waals surface area (Å²) >= 11 is 0. The van der Waals surface area contributed by atoms with Gasteiger partial charge in [0, 0.05) is 0 Å². The lowest BCUT2D eigenvalue weighted by molar-refractivity contribution is -0.141. The average molecular weight is 553 g/mol. The number of amides is 1. The monoisotopic (exact) mass is 552 g/mol. The molecule has 3 aromatic rings. The van der Waals surface area contributed by atoms with Gasteiger partial charge in [0.1, 0.15) is 18.0 Å². The van der Waals surface area contributed by atoms with Crippen LogP contribution in [0.4, 0.5) is 5.69 Å². The molecule has 1 amide bonds. The Balaban J connectivity index is 1.49. The number of ether oxygens (including phenoxy) is 2. The summed E-state index contributed by atoms with van der Waals surface area (Å²) in [6.07, 6.45) is 3.07. The molecule has 0 radical (unpaired) electrons. The summed E-state index contributed by atoms with van der Waals surface area (Å²) in [5.41, 5.74) is 0.0100. The molecule has 1 fully saturated rings. The van der Waals surface area contributed by atoms with E-state index in [-0.39, 0.29) is 21.9 Å². The molecule has 3 N–H and O–H groups in total. The van der Waals surface area contributed by atoms with Gasteiger partial charge in [-0.2, -0.15) is 0 Å². The number of carbonyl (C=O) groups excluding carboxylic acids is 2. The topological polar surface area (TPSA) is 148 Å². The first kappa shape index (κ1) is 27.6. The molecule has 0 spiro atoms. The molecule has 0 atom stereocenters. The number of methoxy groups -OCH3 is 1. The summed E-state index contributed by atoms with van der Waals surface area (Å²) in [5.74, 6) is -1.48. The second-order valence-electron chi connectivity index (χ2n) is 9.11. The van der Waals surface area contributed by atoms with E-state index in [2.05, 4.69) is 10.0 Å². The van der Waals surface area contributed by atoms with Crippen molar-refractivity contribution >= 4 is 33.6 Å². The quantitative estimate of drug-likeness (QED) is 0.255. The van der Waals surface area contributed by atoms with E-state index in [1.807, 2.05) is 24.3 Å². The number of aliphatic carboxylic acids is 1. The highest BCUT2D eigenvalue weighted by molar-refractivity contribution is 7.92. The Morgan fingerprint density at radius 3 is 2.13 bits per heavy atom. The van der Waals surface area contributed by atoms with Crippen molar-refractivity contribution in [1.82, 2.24) is 5.32 Å². The highest BCUT2D eigenvalue weighted by Crippen LogP contribution is 2.43. The number of anilines is 1. The van der Waals surface area contributed by atoms with Crippen LogP contribution in [0.3, 0.4) is 0 Å². The number of rotatable bonds is 10. The maximum atomic E-state index is 13.4. The van der Waals surface area contributed by atoms with E-state index in [1.165, 1.54) is 48.5 Å². The van der Waals surface area contributed by atoms with Crippen LogP contribution < -0.4 is 19.5 Å².